The van der Waals surface area contributed by atoms with Gasteiger partial charge in [0.05, 0.1) is 0 Å². The predicted molar refractivity (Wildman–Crippen MR) is 84.1 cm³/mol. The van der Waals surface area contributed by atoms with Gasteiger partial charge in [-0.1, -0.05) is 30.9 Å². The van der Waals surface area contributed by atoms with E-state index in [0.717, 1.165) is 30.2 Å². The van der Waals surface area contributed by atoms with Gasteiger partial charge in [-0.25, -0.2) is 4.39 Å². The van der Waals surface area contributed by atoms with Crippen molar-refractivity contribution in [2.75, 3.05) is 0 Å². The third kappa shape index (κ3) is 4.82. The van der Waals surface area contributed by atoms with Gasteiger partial charge in [-0.05, 0) is 42.3 Å². The molecule has 0 aliphatic rings. The Bertz CT molecular complexity index is 871. The van der Waals surface area contributed by atoms with Gasteiger partial charge in [0.15, 0.2) is 11.6 Å². The van der Waals surface area contributed by atoms with Gasteiger partial charge in [0, 0.05) is 11.1 Å². The molecule has 0 amide bonds. The topological polar surface area (TPSA) is 9.23 Å². The molecule has 2 aromatic carbocycles. The molecule has 7 heteroatoms. The van der Waals surface area contributed by atoms with E-state index in [9.17, 15) is 26.3 Å². The minimum atomic E-state index is -4.98. The van der Waals surface area contributed by atoms with Crippen LogP contribution in [0, 0.1) is 17.7 Å². The maximum Gasteiger partial charge on any atom is 0.459 e. The number of rotatable bonds is 4. The van der Waals surface area contributed by atoms with Crippen molar-refractivity contribution in [3.63, 3.8) is 0 Å². The van der Waals surface area contributed by atoms with Crippen LogP contribution in [0.3, 0.4) is 0 Å². The van der Waals surface area contributed by atoms with Gasteiger partial charge >= 0.3 is 12.2 Å². The molecule has 0 saturated heterocycles. The van der Waals surface area contributed by atoms with Gasteiger partial charge < -0.3 is 4.74 Å². The Balaban J connectivity index is 2.20. The number of alkyl halides is 2. The average Bonchev–Trinajstić information content (AvgIpc) is 2.61. The Hall–Kier alpha value is -2.88. The van der Waals surface area contributed by atoms with E-state index in [1.165, 1.54) is 0 Å². The van der Waals surface area contributed by atoms with Crippen LogP contribution in [-0.2, 0) is 6.42 Å². The summed E-state index contributed by atoms with van der Waals surface area (Å²) in [6.07, 6.45) is -7.35. The first-order valence-corrected chi connectivity index (χ1v) is 7.41. The van der Waals surface area contributed by atoms with Crippen LogP contribution in [-0.4, -0.2) is 6.11 Å². The lowest BCUT2D eigenvalue weighted by atomic mass is 10.1. The van der Waals surface area contributed by atoms with Crippen LogP contribution in [0.25, 0.3) is 0 Å². The predicted octanol–water partition coefficient (Wildman–Crippen LogP) is 5.84. The van der Waals surface area contributed by atoms with E-state index in [2.05, 4.69) is 16.6 Å². The fourth-order valence-electron chi connectivity index (χ4n) is 1.92. The summed E-state index contributed by atoms with van der Waals surface area (Å²) in [5.74, 6) is -0.0375. The molecule has 0 aliphatic carbocycles. The van der Waals surface area contributed by atoms with Crippen molar-refractivity contribution < 1.29 is 31.1 Å². The lowest BCUT2D eigenvalue weighted by molar-refractivity contribution is -0.161. The summed E-state index contributed by atoms with van der Waals surface area (Å²) >= 11 is 0. The van der Waals surface area contributed by atoms with Crippen LogP contribution in [0.5, 0.6) is 5.75 Å². The minimum absolute atomic E-state index is 0.144. The fourth-order valence-corrected chi connectivity index (χ4v) is 1.92. The lowest BCUT2D eigenvalue weighted by Crippen LogP contribution is -2.26. The van der Waals surface area contributed by atoms with E-state index >= 15 is 0 Å². The molecule has 136 valence electrons. The fraction of sp³-hybridized carbons (Fsp3) is 0.158. The maximum atomic E-state index is 13.8. The Labute approximate surface area is 145 Å². The number of aryl methyl sites for hydroxylation is 1. The van der Waals surface area contributed by atoms with Gasteiger partial charge in [-0.3, -0.25) is 0 Å². The number of hydrogen-bond acceptors (Lipinski definition) is 1. The molecular weight excluding hydrogens is 358 g/mol. The first kappa shape index (κ1) is 19.4. The molecule has 26 heavy (non-hydrogen) atoms. The largest absolute Gasteiger partial charge is 0.459 e. The molecule has 0 spiro atoms. The van der Waals surface area contributed by atoms with E-state index in [-0.39, 0.29) is 5.56 Å². The quantitative estimate of drug-likeness (QED) is 0.486. The number of ether oxygens (including phenoxy) is 1. The highest BCUT2D eigenvalue weighted by Gasteiger charge is 2.43. The van der Waals surface area contributed by atoms with Crippen molar-refractivity contribution in [2.24, 2.45) is 0 Å². The highest BCUT2D eigenvalue weighted by molar-refractivity contribution is 5.45. The molecular formula is C19H12F6O. The molecule has 0 saturated carbocycles. The summed E-state index contributed by atoms with van der Waals surface area (Å²) in [5.41, 5.74) is 1.93. The summed E-state index contributed by atoms with van der Waals surface area (Å²) in [4.78, 5) is 0. The van der Waals surface area contributed by atoms with Crippen molar-refractivity contribution in [3.8, 4) is 17.6 Å². The normalized spacial score (nSPS) is 10.7. The van der Waals surface area contributed by atoms with Crippen LogP contribution < -0.4 is 4.74 Å². The second-order valence-electron chi connectivity index (χ2n) is 5.14. The summed E-state index contributed by atoms with van der Waals surface area (Å²) < 4.78 is 80.4. The summed E-state index contributed by atoms with van der Waals surface area (Å²) in [6, 6.07) is 10.0. The molecule has 0 unspecified atom stereocenters. The zero-order chi connectivity index (χ0) is 19.3. The van der Waals surface area contributed by atoms with Crippen molar-refractivity contribution in [3.05, 3.63) is 76.9 Å². The van der Waals surface area contributed by atoms with E-state index in [1.807, 2.05) is 19.1 Å². The highest BCUT2D eigenvalue weighted by atomic mass is 19.3. The maximum absolute atomic E-state index is 13.8. The van der Waals surface area contributed by atoms with Crippen molar-refractivity contribution in [2.45, 2.75) is 19.5 Å². The van der Waals surface area contributed by atoms with E-state index in [0.29, 0.717) is 5.56 Å². The Morgan fingerprint density at radius 2 is 1.54 bits per heavy atom. The zero-order valence-electron chi connectivity index (χ0n) is 13.4. The molecule has 0 atom stereocenters. The Morgan fingerprint density at radius 1 is 0.962 bits per heavy atom. The number of benzene rings is 2. The molecule has 2 rings (SSSR count). The third-order valence-corrected chi connectivity index (χ3v) is 3.30. The second-order valence-corrected chi connectivity index (χ2v) is 5.14. The van der Waals surface area contributed by atoms with Crippen LogP contribution in [0.2, 0.25) is 0 Å². The average molecular weight is 370 g/mol. The number of hydrogen-bond donors (Lipinski definition) is 0. The molecule has 0 heterocycles. The monoisotopic (exact) mass is 370 g/mol. The van der Waals surface area contributed by atoms with Crippen LogP contribution >= 0.6 is 0 Å². The van der Waals surface area contributed by atoms with Gasteiger partial charge in [-0.15, -0.1) is 0 Å². The van der Waals surface area contributed by atoms with Crippen LogP contribution in [0.4, 0.5) is 26.3 Å². The van der Waals surface area contributed by atoms with Crippen molar-refractivity contribution >= 4 is 0 Å². The van der Waals surface area contributed by atoms with Gasteiger partial charge in [0.1, 0.15) is 0 Å². The Kier molecular flexibility index (Phi) is 5.98. The van der Waals surface area contributed by atoms with Crippen LogP contribution in [0.15, 0.2) is 54.4 Å². The molecule has 0 aliphatic heterocycles. The highest BCUT2D eigenvalue weighted by Crippen LogP contribution is 2.33. The molecule has 0 fully saturated rings. The van der Waals surface area contributed by atoms with Gasteiger partial charge in [-0.2, -0.15) is 22.0 Å². The minimum Gasteiger partial charge on any atom is -0.424 e. The van der Waals surface area contributed by atoms with Crippen LogP contribution in [0.1, 0.15) is 23.6 Å². The standard InChI is InChI=1S/C19H12F6O/c1-2-12-3-5-13(6-4-12)7-8-14-9-10-16(15(20)11-14)26-19(24,25)17(21)18(22)23/h3-6,9-11H,2H2,1H3. The summed E-state index contributed by atoms with van der Waals surface area (Å²) in [7, 11) is 0. The molecule has 0 N–H and O–H groups in total. The first-order chi connectivity index (χ1) is 12.2. The molecule has 2 aromatic rings. The zero-order valence-corrected chi connectivity index (χ0v) is 13.4. The third-order valence-electron chi connectivity index (χ3n) is 3.30. The smallest absolute Gasteiger partial charge is 0.424 e. The lowest BCUT2D eigenvalue weighted by Gasteiger charge is -2.15. The number of halogens is 6. The second kappa shape index (κ2) is 8.00. The van der Waals surface area contributed by atoms with E-state index in [1.54, 1.807) is 12.1 Å². The molecule has 0 radical (unpaired) electrons. The van der Waals surface area contributed by atoms with Crippen molar-refractivity contribution in [1.29, 1.82) is 0 Å². The van der Waals surface area contributed by atoms with Crippen molar-refractivity contribution in [1.82, 2.24) is 0 Å². The van der Waals surface area contributed by atoms with Gasteiger partial charge in [0.25, 0.3) is 5.83 Å². The summed E-state index contributed by atoms with van der Waals surface area (Å²) in [5, 5.41) is 0. The summed E-state index contributed by atoms with van der Waals surface area (Å²) in [6.45, 7) is 2.00. The first-order valence-electron chi connectivity index (χ1n) is 7.41. The Morgan fingerprint density at radius 3 is 2.08 bits per heavy atom. The molecule has 0 bridgehead atoms. The van der Waals surface area contributed by atoms with E-state index < -0.39 is 29.6 Å². The molecule has 0 aromatic heterocycles. The molecule has 1 nitrogen and oxygen atoms in total. The van der Waals surface area contributed by atoms with E-state index in [4.69, 9.17) is 0 Å². The SMILES string of the molecule is CCc1ccc(C#Cc2ccc(OC(F)(F)C(F)=C(F)F)c(F)c2)cc1. The van der Waals surface area contributed by atoms with Gasteiger partial charge in [0.2, 0.25) is 0 Å².